The standard InChI is InChI=1S/C15H16BrNO2S/c1-11-7-9-13(10-8-11)12(2)17-20(18,19)15-6-4-3-5-14(15)16/h3-10,12,17H,1-2H3. The molecule has 2 aromatic rings. The smallest absolute Gasteiger partial charge is 0.207 e. The predicted molar refractivity (Wildman–Crippen MR) is 84.1 cm³/mol. The SMILES string of the molecule is Cc1ccc(C(C)NS(=O)(=O)c2ccccc2Br)cc1. The molecule has 0 fully saturated rings. The number of halogens is 1. The zero-order valence-corrected chi connectivity index (χ0v) is 13.7. The summed E-state index contributed by atoms with van der Waals surface area (Å²) in [7, 11) is -3.55. The second kappa shape index (κ2) is 6.08. The van der Waals surface area contributed by atoms with E-state index < -0.39 is 10.0 Å². The molecule has 1 atom stereocenters. The summed E-state index contributed by atoms with van der Waals surface area (Å²) in [6.45, 7) is 3.83. The Balaban J connectivity index is 2.24. The largest absolute Gasteiger partial charge is 0.242 e. The fourth-order valence-corrected chi connectivity index (χ4v) is 4.12. The van der Waals surface area contributed by atoms with Gasteiger partial charge in [0.15, 0.2) is 0 Å². The topological polar surface area (TPSA) is 46.2 Å². The highest BCUT2D eigenvalue weighted by Gasteiger charge is 2.20. The van der Waals surface area contributed by atoms with Gasteiger partial charge in [0.1, 0.15) is 0 Å². The second-order valence-corrected chi connectivity index (χ2v) is 7.22. The lowest BCUT2D eigenvalue weighted by molar-refractivity contribution is 0.566. The highest BCUT2D eigenvalue weighted by atomic mass is 79.9. The van der Waals surface area contributed by atoms with Gasteiger partial charge in [-0.3, -0.25) is 0 Å². The summed E-state index contributed by atoms with van der Waals surface area (Å²) in [5, 5.41) is 0. The van der Waals surface area contributed by atoms with Crippen LogP contribution in [0.1, 0.15) is 24.1 Å². The van der Waals surface area contributed by atoms with Crippen molar-refractivity contribution >= 4 is 26.0 Å². The zero-order chi connectivity index (χ0) is 14.8. The Hall–Kier alpha value is -1.17. The van der Waals surface area contributed by atoms with Gasteiger partial charge in [0.2, 0.25) is 10.0 Å². The third-order valence-corrected chi connectivity index (χ3v) is 5.59. The molecular weight excluding hydrogens is 338 g/mol. The molecular formula is C15H16BrNO2S. The van der Waals surface area contributed by atoms with Crippen molar-refractivity contribution in [3.8, 4) is 0 Å². The molecule has 2 rings (SSSR count). The normalized spacial score (nSPS) is 13.2. The van der Waals surface area contributed by atoms with Crippen LogP contribution >= 0.6 is 15.9 Å². The van der Waals surface area contributed by atoms with Crippen molar-refractivity contribution in [2.45, 2.75) is 24.8 Å². The Labute approximate surface area is 128 Å². The van der Waals surface area contributed by atoms with Crippen LogP contribution in [0.15, 0.2) is 57.9 Å². The molecule has 1 N–H and O–H groups in total. The van der Waals surface area contributed by atoms with Crippen molar-refractivity contribution in [2.75, 3.05) is 0 Å². The van der Waals surface area contributed by atoms with Crippen LogP contribution in [-0.2, 0) is 10.0 Å². The monoisotopic (exact) mass is 353 g/mol. The van der Waals surface area contributed by atoms with Crippen LogP contribution in [0.5, 0.6) is 0 Å². The molecule has 0 heterocycles. The summed E-state index contributed by atoms with van der Waals surface area (Å²) in [5.41, 5.74) is 2.08. The average Bonchev–Trinajstić information content (AvgIpc) is 2.39. The lowest BCUT2D eigenvalue weighted by Gasteiger charge is -2.15. The Kier molecular flexibility index (Phi) is 4.62. The summed E-state index contributed by atoms with van der Waals surface area (Å²) < 4.78 is 28.0. The maximum atomic E-state index is 12.4. The van der Waals surface area contributed by atoms with E-state index >= 15 is 0 Å². The van der Waals surface area contributed by atoms with Crippen molar-refractivity contribution in [3.05, 3.63) is 64.1 Å². The van der Waals surface area contributed by atoms with E-state index in [1.54, 1.807) is 24.3 Å². The lowest BCUT2D eigenvalue weighted by Crippen LogP contribution is -2.27. The van der Waals surface area contributed by atoms with Crippen LogP contribution in [0, 0.1) is 6.92 Å². The minimum absolute atomic E-state index is 0.249. The molecule has 0 radical (unpaired) electrons. The van der Waals surface area contributed by atoms with Crippen molar-refractivity contribution < 1.29 is 8.42 Å². The summed E-state index contributed by atoms with van der Waals surface area (Å²) in [6, 6.07) is 14.3. The van der Waals surface area contributed by atoms with Crippen LogP contribution in [0.3, 0.4) is 0 Å². The molecule has 20 heavy (non-hydrogen) atoms. The number of sulfonamides is 1. The number of hydrogen-bond donors (Lipinski definition) is 1. The first-order valence-electron chi connectivity index (χ1n) is 6.23. The summed E-state index contributed by atoms with van der Waals surface area (Å²) in [4.78, 5) is 0.249. The molecule has 0 aromatic heterocycles. The number of nitrogens with one attached hydrogen (secondary N) is 1. The third-order valence-electron chi connectivity index (χ3n) is 3.04. The fourth-order valence-electron chi connectivity index (χ4n) is 1.88. The van der Waals surface area contributed by atoms with Crippen molar-refractivity contribution in [2.24, 2.45) is 0 Å². The number of aryl methyl sites for hydroxylation is 1. The molecule has 1 unspecified atom stereocenters. The summed E-state index contributed by atoms with van der Waals surface area (Å²) in [6.07, 6.45) is 0. The Bertz CT molecular complexity index is 696. The van der Waals surface area contributed by atoms with Crippen molar-refractivity contribution in [3.63, 3.8) is 0 Å². The molecule has 0 amide bonds. The molecule has 0 spiro atoms. The zero-order valence-electron chi connectivity index (χ0n) is 11.3. The van der Waals surface area contributed by atoms with Crippen LogP contribution in [0.4, 0.5) is 0 Å². The quantitative estimate of drug-likeness (QED) is 0.908. The van der Waals surface area contributed by atoms with Crippen molar-refractivity contribution in [1.82, 2.24) is 4.72 Å². The fraction of sp³-hybridized carbons (Fsp3) is 0.200. The first-order valence-corrected chi connectivity index (χ1v) is 8.51. The van der Waals surface area contributed by atoms with Gasteiger partial charge in [-0.15, -0.1) is 0 Å². The maximum Gasteiger partial charge on any atom is 0.242 e. The van der Waals surface area contributed by atoms with Crippen LogP contribution in [0.25, 0.3) is 0 Å². The number of rotatable bonds is 4. The number of hydrogen-bond acceptors (Lipinski definition) is 2. The summed E-state index contributed by atoms with van der Waals surface area (Å²) in [5.74, 6) is 0. The minimum Gasteiger partial charge on any atom is -0.207 e. The van der Waals surface area contributed by atoms with Gasteiger partial charge in [-0.1, -0.05) is 42.0 Å². The number of benzene rings is 2. The highest BCUT2D eigenvalue weighted by Crippen LogP contribution is 2.23. The van der Waals surface area contributed by atoms with E-state index in [0.29, 0.717) is 4.47 Å². The molecule has 2 aromatic carbocycles. The molecule has 3 nitrogen and oxygen atoms in total. The van der Waals surface area contributed by atoms with Gasteiger partial charge in [0.05, 0.1) is 4.90 Å². The molecule has 5 heteroatoms. The van der Waals surface area contributed by atoms with Gasteiger partial charge in [0.25, 0.3) is 0 Å². The van der Waals surface area contributed by atoms with E-state index in [1.807, 2.05) is 38.1 Å². The second-order valence-electron chi connectivity index (χ2n) is 4.68. The van der Waals surface area contributed by atoms with Gasteiger partial charge in [-0.05, 0) is 47.5 Å². The predicted octanol–water partition coefficient (Wildman–Crippen LogP) is 3.80. The summed E-state index contributed by atoms with van der Waals surface area (Å²) >= 11 is 3.27. The third kappa shape index (κ3) is 3.48. The molecule has 106 valence electrons. The molecule has 0 aliphatic heterocycles. The van der Waals surface area contributed by atoms with E-state index in [9.17, 15) is 8.42 Å². The molecule has 0 aliphatic carbocycles. The van der Waals surface area contributed by atoms with Crippen LogP contribution in [0.2, 0.25) is 0 Å². The van der Waals surface area contributed by atoms with Gasteiger partial charge in [0, 0.05) is 10.5 Å². The Morgan fingerprint density at radius 2 is 1.65 bits per heavy atom. The molecule has 0 saturated heterocycles. The van der Waals surface area contributed by atoms with Gasteiger partial charge in [-0.25, -0.2) is 13.1 Å². The Morgan fingerprint density at radius 3 is 2.25 bits per heavy atom. The average molecular weight is 354 g/mol. The van der Waals surface area contributed by atoms with E-state index in [0.717, 1.165) is 11.1 Å². The maximum absolute atomic E-state index is 12.4. The van der Waals surface area contributed by atoms with Crippen molar-refractivity contribution in [1.29, 1.82) is 0 Å². The lowest BCUT2D eigenvalue weighted by atomic mass is 10.1. The highest BCUT2D eigenvalue weighted by molar-refractivity contribution is 9.10. The Morgan fingerprint density at radius 1 is 1.05 bits per heavy atom. The van der Waals surface area contributed by atoms with Gasteiger partial charge in [-0.2, -0.15) is 0 Å². The molecule has 0 bridgehead atoms. The first kappa shape index (κ1) is 15.2. The van der Waals surface area contributed by atoms with E-state index in [1.165, 1.54) is 0 Å². The van der Waals surface area contributed by atoms with Gasteiger partial charge < -0.3 is 0 Å². The van der Waals surface area contributed by atoms with E-state index in [2.05, 4.69) is 20.7 Å². The van der Waals surface area contributed by atoms with Crippen LogP contribution < -0.4 is 4.72 Å². The van der Waals surface area contributed by atoms with Gasteiger partial charge >= 0.3 is 0 Å². The van der Waals surface area contributed by atoms with Crippen LogP contribution in [-0.4, -0.2) is 8.42 Å². The van der Waals surface area contributed by atoms with E-state index in [4.69, 9.17) is 0 Å². The molecule has 0 saturated carbocycles. The minimum atomic E-state index is -3.55. The molecule has 0 aliphatic rings. The van der Waals surface area contributed by atoms with E-state index in [-0.39, 0.29) is 10.9 Å². The first-order chi connectivity index (χ1) is 9.40.